The summed E-state index contributed by atoms with van der Waals surface area (Å²) in [6.45, 7) is 4.75. The van der Waals surface area contributed by atoms with E-state index in [1.165, 1.54) is 9.75 Å². The Hall–Kier alpha value is -0.420. The Morgan fingerprint density at radius 3 is 2.76 bits per heavy atom. The highest BCUT2D eigenvalue weighted by molar-refractivity contribution is 7.11. The lowest BCUT2D eigenvalue weighted by Gasteiger charge is -2.12. The van der Waals surface area contributed by atoms with Crippen molar-refractivity contribution in [3.05, 3.63) is 21.9 Å². The molecule has 2 heterocycles. The molecule has 1 saturated heterocycles. The van der Waals surface area contributed by atoms with E-state index < -0.39 is 0 Å². The Bertz CT molecular complexity index is 340. The molecule has 3 nitrogen and oxygen atoms in total. The average molecular weight is 254 g/mol. The summed E-state index contributed by atoms with van der Waals surface area (Å²) in [4.78, 5) is 2.87. The van der Waals surface area contributed by atoms with Crippen molar-refractivity contribution in [2.24, 2.45) is 5.73 Å². The summed E-state index contributed by atoms with van der Waals surface area (Å²) in [6, 6.07) is 4.44. The molecule has 1 fully saturated rings. The topological polar surface area (TPSA) is 47.3 Å². The summed E-state index contributed by atoms with van der Waals surface area (Å²) in [5, 5.41) is 3.47. The summed E-state index contributed by atoms with van der Waals surface area (Å²) in [6.07, 6.45) is 4.03. The van der Waals surface area contributed by atoms with E-state index in [-0.39, 0.29) is 6.10 Å². The second kappa shape index (κ2) is 6.50. The van der Waals surface area contributed by atoms with Crippen LogP contribution >= 0.6 is 11.3 Å². The van der Waals surface area contributed by atoms with Crippen LogP contribution in [0.3, 0.4) is 0 Å². The van der Waals surface area contributed by atoms with Crippen molar-refractivity contribution in [1.82, 2.24) is 5.32 Å². The van der Waals surface area contributed by atoms with Crippen LogP contribution in [-0.4, -0.2) is 25.3 Å². The van der Waals surface area contributed by atoms with Crippen molar-refractivity contribution in [3.8, 4) is 0 Å². The maximum absolute atomic E-state index is 5.79. The molecule has 0 spiro atoms. The van der Waals surface area contributed by atoms with Gasteiger partial charge in [0, 0.05) is 29.4 Å². The van der Waals surface area contributed by atoms with Crippen LogP contribution < -0.4 is 11.1 Å². The number of rotatable bonds is 6. The summed E-state index contributed by atoms with van der Waals surface area (Å²) in [5.41, 5.74) is 5.59. The fourth-order valence-electron chi connectivity index (χ4n) is 2.17. The molecule has 0 aliphatic carbocycles. The molecule has 96 valence electrons. The molecule has 17 heavy (non-hydrogen) atoms. The van der Waals surface area contributed by atoms with Gasteiger partial charge in [-0.3, -0.25) is 0 Å². The number of ether oxygens (including phenoxy) is 1. The quantitative estimate of drug-likeness (QED) is 0.815. The van der Waals surface area contributed by atoms with Crippen LogP contribution in [0, 0.1) is 0 Å². The lowest BCUT2D eigenvalue weighted by atomic mass is 10.2. The monoisotopic (exact) mass is 254 g/mol. The van der Waals surface area contributed by atoms with Crippen molar-refractivity contribution in [2.75, 3.05) is 13.1 Å². The van der Waals surface area contributed by atoms with Gasteiger partial charge in [-0.1, -0.05) is 6.92 Å². The summed E-state index contributed by atoms with van der Waals surface area (Å²) < 4.78 is 5.79. The maximum Gasteiger partial charge on any atom is 0.0704 e. The van der Waals surface area contributed by atoms with Gasteiger partial charge in [0.15, 0.2) is 0 Å². The highest BCUT2D eigenvalue weighted by Gasteiger charge is 2.23. The Labute approximate surface area is 107 Å². The molecule has 0 bridgehead atoms. The number of hydrogen-bond donors (Lipinski definition) is 2. The fraction of sp³-hybridized carbons (Fsp3) is 0.692. The van der Waals surface area contributed by atoms with E-state index in [1.54, 1.807) is 0 Å². The number of nitrogens with two attached hydrogens (primary N) is 1. The van der Waals surface area contributed by atoms with E-state index in [9.17, 15) is 0 Å². The third-order valence-corrected chi connectivity index (χ3v) is 4.42. The van der Waals surface area contributed by atoms with Gasteiger partial charge in [-0.05, 0) is 31.4 Å². The first-order valence-electron chi connectivity index (χ1n) is 6.45. The first-order chi connectivity index (χ1) is 8.31. The van der Waals surface area contributed by atoms with Gasteiger partial charge in [0.1, 0.15) is 0 Å². The molecule has 0 radical (unpaired) electrons. The molecule has 0 aromatic carbocycles. The summed E-state index contributed by atoms with van der Waals surface area (Å²) in [5.74, 6) is 0. The minimum Gasteiger partial charge on any atom is -0.372 e. The Morgan fingerprint density at radius 1 is 1.35 bits per heavy atom. The van der Waals surface area contributed by atoms with Crippen LogP contribution in [0.2, 0.25) is 0 Å². The molecule has 1 aromatic heterocycles. The predicted octanol–water partition coefficient (Wildman–Crippen LogP) is 1.91. The molecule has 1 aromatic rings. The van der Waals surface area contributed by atoms with Crippen molar-refractivity contribution in [2.45, 2.75) is 44.9 Å². The van der Waals surface area contributed by atoms with Gasteiger partial charge >= 0.3 is 0 Å². The lowest BCUT2D eigenvalue weighted by Crippen LogP contribution is -2.28. The molecule has 0 amide bonds. The Kier molecular flexibility index (Phi) is 4.98. The standard InChI is InChI=1S/C13H22N2OS/c1-2-12-5-6-13(17-12)9-15-8-11-4-3-10(7-14)16-11/h5-6,10-11,15H,2-4,7-9,14H2,1H3. The van der Waals surface area contributed by atoms with Crippen LogP contribution in [0.5, 0.6) is 0 Å². The largest absolute Gasteiger partial charge is 0.372 e. The molecule has 0 saturated carbocycles. The number of aryl methyl sites for hydroxylation is 1. The van der Waals surface area contributed by atoms with Crippen LogP contribution in [0.4, 0.5) is 0 Å². The van der Waals surface area contributed by atoms with Gasteiger partial charge in [0.25, 0.3) is 0 Å². The van der Waals surface area contributed by atoms with Gasteiger partial charge in [-0.2, -0.15) is 0 Å². The van der Waals surface area contributed by atoms with Gasteiger partial charge in [0.2, 0.25) is 0 Å². The summed E-state index contributed by atoms with van der Waals surface area (Å²) >= 11 is 1.90. The van der Waals surface area contributed by atoms with Crippen LogP contribution in [0.1, 0.15) is 29.5 Å². The Balaban J connectivity index is 1.66. The third kappa shape index (κ3) is 3.78. The predicted molar refractivity (Wildman–Crippen MR) is 72.4 cm³/mol. The molecule has 2 rings (SSSR count). The van der Waals surface area contributed by atoms with Crippen LogP contribution in [0.25, 0.3) is 0 Å². The molecular weight excluding hydrogens is 232 g/mol. The SMILES string of the molecule is CCc1ccc(CNCC2CCC(CN)O2)s1. The van der Waals surface area contributed by atoms with Crippen molar-refractivity contribution >= 4 is 11.3 Å². The maximum atomic E-state index is 5.79. The molecular formula is C13H22N2OS. The molecule has 1 aliphatic rings. The van der Waals surface area contributed by atoms with Gasteiger partial charge in [0.05, 0.1) is 12.2 Å². The van der Waals surface area contributed by atoms with E-state index in [0.29, 0.717) is 12.6 Å². The second-order valence-corrected chi connectivity index (χ2v) is 5.80. The molecule has 4 heteroatoms. The first kappa shape index (κ1) is 13.0. The van der Waals surface area contributed by atoms with Crippen LogP contribution in [-0.2, 0) is 17.7 Å². The van der Waals surface area contributed by atoms with Gasteiger partial charge in [-0.25, -0.2) is 0 Å². The molecule has 1 aliphatic heterocycles. The second-order valence-electron chi connectivity index (χ2n) is 4.55. The number of hydrogen-bond acceptors (Lipinski definition) is 4. The average Bonchev–Trinajstić information content (AvgIpc) is 2.97. The van der Waals surface area contributed by atoms with E-state index >= 15 is 0 Å². The van der Waals surface area contributed by atoms with Crippen molar-refractivity contribution in [1.29, 1.82) is 0 Å². The summed E-state index contributed by atoms with van der Waals surface area (Å²) in [7, 11) is 0. The molecule has 3 N–H and O–H groups in total. The molecule has 2 unspecified atom stereocenters. The minimum atomic E-state index is 0.287. The van der Waals surface area contributed by atoms with Crippen molar-refractivity contribution in [3.63, 3.8) is 0 Å². The lowest BCUT2D eigenvalue weighted by molar-refractivity contribution is 0.0504. The minimum absolute atomic E-state index is 0.287. The smallest absolute Gasteiger partial charge is 0.0704 e. The molecule has 2 atom stereocenters. The Morgan fingerprint density at radius 2 is 2.12 bits per heavy atom. The van der Waals surface area contributed by atoms with Gasteiger partial charge in [-0.15, -0.1) is 11.3 Å². The zero-order chi connectivity index (χ0) is 12.1. The van der Waals surface area contributed by atoms with E-state index in [2.05, 4.69) is 24.4 Å². The highest BCUT2D eigenvalue weighted by atomic mass is 32.1. The third-order valence-electron chi connectivity index (χ3n) is 3.20. The van der Waals surface area contributed by atoms with E-state index in [0.717, 1.165) is 32.4 Å². The van der Waals surface area contributed by atoms with E-state index in [1.807, 2.05) is 11.3 Å². The van der Waals surface area contributed by atoms with Crippen molar-refractivity contribution < 1.29 is 4.74 Å². The highest BCUT2D eigenvalue weighted by Crippen LogP contribution is 2.19. The van der Waals surface area contributed by atoms with E-state index in [4.69, 9.17) is 10.5 Å². The zero-order valence-electron chi connectivity index (χ0n) is 10.4. The fourth-order valence-corrected chi connectivity index (χ4v) is 3.09. The number of thiophene rings is 1. The van der Waals surface area contributed by atoms with Crippen LogP contribution in [0.15, 0.2) is 12.1 Å². The van der Waals surface area contributed by atoms with Gasteiger partial charge < -0.3 is 15.8 Å². The number of nitrogens with one attached hydrogen (secondary N) is 1. The zero-order valence-corrected chi connectivity index (χ0v) is 11.3. The normalized spacial score (nSPS) is 24.4. The first-order valence-corrected chi connectivity index (χ1v) is 7.27.